The largest absolute Gasteiger partial charge is 0.481 e. The number of carboxylic acid groups (broad SMARTS) is 1. The highest BCUT2D eigenvalue weighted by Crippen LogP contribution is 2.45. The van der Waals surface area contributed by atoms with E-state index in [0.717, 1.165) is 12.8 Å². The lowest BCUT2D eigenvalue weighted by molar-refractivity contribution is -0.154. The first-order chi connectivity index (χ1) is 7.36. The van der Waals surface area contributed by atoms with Crippen LogP contribution < -0.4 is 0 Å². The Labute approximate surface area is 96.8 Å². The summed E-state index contributed by atoms with van der Waals surface area (Å²) in [5.41, 5.74) is -0.649. The number of hydrogen-bond donors (Lipinski definition) is 3. The Morgan fingerprint density at radius 1 is 1.44 bits per heavy atom. The van der Waals surface area contributed by atoms with Gasteiger partial charge in [0.25, 0.3) is 0 Å². The molecule has 1 rings (SSSR count). The number of carbonyl (C=O) groups is 1. The molecule has 0 heterocycles. The van der Waals surface area contributed by atoms with E-state index in [1.807, 2.05) is 13.8 Å². The second-order valence-corrected chi connectivity index (χ2v) is 5.33. The molecular formula is C11H21BO4. The highest BCUT2D eigenvalue weighted by atomic mass is 16.4. The van der Waals surface area contributed by atoms with Gasteiger partial charge in [-0.1, -0.05) is 19.8 Å². The van der Waals surface area contributed by atoms with Crippen molar-refractivity contribution in [3.8, 4) is 0 Å². The molecule has 0 amide bonds. The summed E-state index contributed by atoms with van der Waals surface area (Å²) in [6.45, 7) is 3.80. The van der Waals surface area contributed by atoms with Gasteiger partial charge >= 0.3 is 13.1 Å². The van der Waals surface area contributed by atoms with Gasteiger partial charge in [0, 0.05) is 0 Å². The minimum Gasteiger partial charge on any atom is -0.481 e. The Balaban J connectivity index is 2.57. The maximum absolute atomic E-state index is 11.3. The maximum Gasteiger partial charge on any atom is 0.451 e. The van der Waals surface area contributed by atoms with E-state index < -0.39 is 18.5 Å². The molecule has 0 aromatic rings. The second kappa shape index (κ2) is 5.19. The maximum atomic E-state index is 11.3. The lowest BCUT2D eigenvalue weighted by Crippen LogP contribution is -2.40. The van der Waals surface area contributed by atoms with Crippen LogP contribution in [0.3, 0.4) is 0 Å². The van der Waals surface area contributed by atoms with Crippen LogP contribution >= 0.6 is 0 Å². The van der Waals surface area contributed by atoms with Gasteiger partial charge in [-0.2, -0.15) is 0 Å². The molecule has 0 bridgehead atoms. The van der Waals surface area contributed by atoms with Crippen LogP contribution in [0.5, 0.6) is 0 Å². The molecule has 1 aliphatic carbocycles. The van der Waals surface area contributed by atoms with E-state index in [2.05, 4.69) is 0 Å². The number of aliphatic carboxylic acids is 1. The van der Waals surface area contributed by atoms with E-state index in [9.17, 15) is 9.90 Å². The summed E-state index contributed by atoms with van der Waals surface area (Å²) in [6.07, 6.45) is 3.60. The van der Waals surface area contributed by atoms with Crippen LogP contribution in [0, 0.1) is 17.3 Å². The van der Waals surface area contributed by atoms with Crippen molar-refractivity contribution in [3.63, 3.8) is 0 Å². The SMILES string of the molecule is C[C@@H]1CC[C@@H](CCB(O)O)C[C@]1(C)C(=O)O. The summed E-state index contributed by atoms with van der Waals surface area (Å²) in [5, 5.41) is 26.9. The smallest absolute Gasteiger partial charge is 0.451 e. The first-order valence-electron chi connectivity index (χ1n) is 5.95. The van der Waals surface area contributed by atoms with Crippen molar-refractivity contribution in [2.24, 2.45) is 17.3 Å². The van der Waals surface area contributed by atoms with Crippen molar-refractivity contribution in [1.82, 2.24) is 0 Å². The lowest BCUT2D eigenvalue weighted by Gasteiger charge is -2.40. The van der Waals surface area contributed by atoms with Crippen LogP contribution in [0.2, 0.25) is 6.32 Å². The summed E-state index contributed by atoms with van der Waals surface area (Å²) < 4.78 is 0. The Morgan fingerprint density at radius 3 is 2.56 bits per heavy atom. The van der Waals surface area contributed by atoms with Crippen molar-refractivity contribution in [1.29, 1.82) is 0 Å². The predicted octanol–water partition coefficient (Wildman–Crippen LogP) is 1.38. The van der Waals surface area contributed by atoms with E-state index in [0.29, 0.717) is 25.1 Å². The zero-order valence-electron chi connectivity index (χ0n) is 10.0. The number of rotatable bonds is 4. The van der Waals surface area contributed by atoms with Crippen LogP contribution in [0.4, 0.5) is 0 Å². The fourth-order valence-electron chi connectivity index (χ4n) is 2.64. The zero-order chi connectivity index (χ0) is 12.3. The van der Waals surface area contributed by atoms with Crippen molar-refractivity contribution in [2.45, 2.75) is 45.9 Å². The topological polar surface area (TPSA) is 77.8 Å². The number of hydrogen-bond acceptors (Lipinski definition) is 3. The molecule has 0 spiro atoms. The lowest BCUT2D eigenvalue weighted by atomic mass is 9.63. The Morgan fingerprint density at radius 2 is 2.06 bits per heavy atom. The molecule has 0 aromatic heterocycles. The molecule has 1 aliphatic rings. The van der Waals surface area contributed by atoms with Crippen LogP contribution in [0.25, 0.3) is 0 Å². The first kappa shape index (κ1) is 13.5. The molecule has 92 valence electrons. The van der Waals surface area contributed by atoms with Gasteiger partial charge in [-0.05, 0) is 37.9 Å². The highest BCUT2D eigenvalue weighted by Gasteiger charge is 2.43. The quantitative estimate of drug-likeness (QED) is 0.635. The van der Waals surface area contributed by atoms with E-state index in [4.69, 9.17) is 10.0 Å². The van der Waals surface area contributed by atoms with Gasteiger partial charge in [0.05, 0.1) is 5.41 Å². The normalized spacial score (nSPS) is 34.8. The minimum absolute atomic E-state index is 0.195. The van der Waals surface area contributed by atoms with Gasteiger partial charge in [0.1, 0.15) is 0 Å². The van der Waals surface area contributed by atoms with E-state index in [1.165, 1.54) is 0 Å². The molecule has 4 nitrogen and oxygen atoms in total. The van der Waals surface area contributed by atoms with Crippen molar-refractivity contribution in [2.75, 3.05) is 0 Å². The average molecular weight is 228 g/mol. The van der Waals surface area contributed by atoms with Gasteiger partial charge in [-0.3, -0.25) is 4.79 Å². The molecule has 0 saturated heterocycles. The molecule has 0 aliphatic heterocycles. The van der Waals surface area contributed by atoms with Gasteiger partial charge in [0.15, 0.2) is 0 Å². The third kappa shape index (κ3) is 2.98. The van der Waals surface area contributed by atoms with Crippen LogP contribution in [-0.4, -0.2) is 28.2 Å². The molecular weight excluding hydrogens is 207 g/mol. The molecule has 3 N–H and O–H groups in total. The van der Waals surface area contributed by atoms with Gasteiger partial charge in [-0.25, -0.2) is 0 Å². The van der Waals surface area contributed by atoms with Gasteiger partial charge < -0.3 is 15.2 Å². The molecule has 1 fully saturated rings. The fourth-order valence-corrected chi connectivity index (χ4v) is 2.64. The molecule has 5 heteroatoms. The summed E-state index contributed by atoms with van der Waals surface area (Å²) in [4.78, 5) is 11.3. The van der Waals surface area contributed by atoms with Crippen molar-refractivity contribution >= 4 is 13.1 Å². The van der Waals surface area contributed by atoms with E-state index >= 15 is 0 Å². The summed E-state index contributed by atoms with van der Waals surface area (Å²) >= 11 is 0. The average Bonchev–Trinajstić information content (AvgIpc) is 2.19. The molecule has 0 unspecified atom stereocenters. The molecule has 3 atom stereocenters. The summed E-state index contributed by atoms with van der Waals surface area (Å²) in [6, 6.07) is 0. The van der Waals surface area contributed by atoms with E-state index in [-0.39, 0.29) is 5.92 Å². The van der Waals surface area contributed by atoms with Gasteiger partial charge in [0.2, 0.25) is 0 Å². The molecule has 0 aromatic carbocycles. The standard InChI is InChI=1S/C11H21BO4/c1-8-3-4-9(5-6-12(15)16)7-11(8,2)10(13)14/h8-9,15-16H,3-7H2,1-2H3,(H,13,14)/t8-,9+,11+/m1/s1. The monoisotopic (exact) mass is 228 g/mol. The second-order valence-electron chi connectivity index (χ2n) is 5.33. The molecule has 1 saturated carbocycles. The van der Waals surface area contributed by atoms with Crippen LogP contribution in [0.1, 0.15) is 39.5 Å². The summed E-state index contributed by atoms with van der Waals surface area (Å²) in [7, 11) is -1.27. The van der Waals surface area contributed by atoms with Crippen molar-refractivity contribution < 1.29 is 19.9 Å². The number of carboxylic acids is 1. The molecule has 16 heavy (non-hydrogen) atoms. The van der Waals surface area contributed by atoms with Crippen LogP contribution in [0.15, 0.2) is 0 Å². The van der Waals surface area contributed by atoms with Gasteiger partial charge in [-0.15, -0.1) is 0 Å². The van der Waals surface area contributed by atoms with E-state index in [1.54, 1.807) is 0 Å². The first-order valence-corrected chi connectivity index (χ1v) is 5.95. The Kier molecular flexibility index (Phi) is 4.39. The van der Waals surface area contributed by atoms with Crippen molar-refractivity contribution in [3.05, 3.63) is 0 Å². The third-order valence-electron chi connectivity index (χ3n) is 4.13. The Bertz CT molecular complexity index is 256. The Hall–Kier alpha value is -0.545. The molecule has 0 radical (unpaired) electrons. The highest BCUT2D eigenvalue weighted by molar-refractivity contribution is 6.40. The summed E-state index contributed by atoms with van der Waals surface area (Å²) in [5.74, 6) is -0.228. The zero-order valence-corrected chi connectivity index (χ0v) is 10.0. The third-order valence-corrected chi connectivity index (χ3v) is 4.13. The predicted molar refractivity (Wildman–Crippen MR) is 61.9 cm³/mol. The fraction of sp³-hybridized carbons (Fsp3) is 0.909. The minimum atomic E-state index is -1.27. The van der Waals surface area contributed by atoms with Crippen LogP contribution in [-0.2, 0) is 4.79 Å².